The molecule has 1 unspecified atom stereocenters. The molecular formula is C11H18Cl2N2. The summed E-state index contributed by atoms with van der Waals surface area (Å²) >= 11 is 0. The van der Waals surface area contributed by atoms with Gasteiger partial charge in [0.15, 0.2) is 0 Å². The van der Waals surface area contributed by atoms with E-state index in [1.165, 1.54) is 18.5 Å². The average Bonchev–Trinajstić information content (AvgIpc) is 2.19. The number of nitrogens with two attached hydrogens (primary N) is 1. The van der Waals surface area contributed by atoms with Crippen molar-refractivity contribution in [3.8, 4) is 0 Å². The first kappa shape index (κ1) is 14.6. The van der Waals surface area contributed by atoms with E-state index in [-0.39, 0.29) is 24.8 Å². The van der Waals surface area contributed by atoms with Crippen LogP contribution in [0.3, 0.4) is 0 Å². The summed E-state index contributed by atoms with van der Waals surface area (Å²) in [6.45, 7) is 2.15. The Morgan fingerprint density at radius 1 is 1.13 bits per heavy atom. The largest absolute Gasteiger partial charge is 0.370 e. The second kappa shape index (κ2) is 6.94. The molecule has 1 aromatic rings. The molecule has 1 saturated heterocycles. The van der Waals surface area contributed by atoms with E-state index in [9.17, 15) is 0 Å². The number of halogens is 2. The summed E-state index contributed by atoms with van der Waals surface area (Å²) < 4.78 is 0. The van der Waals surface area contributed by atoms with Crippen molar-refractivity contribution >= 4 is 30.5 Å². The fourth-order valence-electron chi connectivity index (χ4n) is 1.88. The van der Waals surface area contributed by atoms with Crippen LogP contribution >= 0.6 is 24.8 Å². The molecule has 1 atom stereocenters. The monoisotopic (exact) mass is 248 g/mol. The molecule has 86 valence electrons. The summed E-state index contributed by atoms with van der Waals surface area (Å²) in [5.74, 6) is 0. The number of para-hydroxylation sites is 1. The van der Waals surface area contributed by atoms with E-state index in [0.29, 0.717) is 6.04 Å². The van der Waals surface area contributed by atoms with Gasteiger partial charge in [-0.15, -0.1) is 24.8 Å². The van der Waals surface area contributed by atoms with Crippen LogP contribution in [0.4, 0.5) is 5.69 Å². The summed E-state index contributed by atoms with van der Waals surface area (Å²) in [5.41, 5.74) is 7.22. The standard InChI is InChI=1S/C11H16N2.2ClH/c12-10-5-4-8-13(9-10)11-6-2-1-3-7-11;;/h1-3,6-7,10H,4-5,8-9,12H2;2*1H. The van der Waals surface area contributed by atoms with E-state index in [4.69, 9.17) is 5.73 Å². The van der Waals surface area contributed by atoms with Gasteiger partial charge in [0.1, 0.15) is 0 Å². The molecule has 0 radical (unpaired) electrons. The van der Waals surface area contributed by atoms with E-state index >= 15 is 0 Å². The Labute approximate surface area is 104 Å². The van der Waals surface area contributed by atoms with E-state index < -0.39 is 0 Å². The lowest BCUT2D eigenvalue weighted by atomic mass is 10.1. The zero-order valence-electron chi connectivity index (χ0n) is 8.63. The maximum absolute atomic E-state index is 5.92. The molecule has 1 heterocycles. The first-order valence-electron chi connectivity index (χ1n) is 4.92. The van der Waals surface area contributed by atoms with Crippen molar-refractivity contribution in [1.29, 1.82) is 0 Å². The van der Waals surface area contributed by atoms with Crippen molar-refractivity contribution in [2.24, 2.45) is 5.73 Å². The highest BCUT2D eigenvalue weighted by atomic mass is 35.5. The molecular weight excluding hydrogens is 231 g/mol. The molecule has 4 heteroatoms. The molecule has 0 bridgehead atoms. The maximum Gasteiger partial charge on any atom is 0.0366 e. The van der Waals surface area contributed by atoms with Crippen molar-refractivity contribution in [3.63, 3.8) is 0 Å². The fraction of sp³-hybridized carbons (Fsp3) is 0.455. The highest BCUT2D eigenvalue weighted by Gasteiger charge is 2.16. The van der Waals surface area contributed by atoms with Crippen molar-refractivity contribution in [3.05, 3.63) is 30.3 Å². The lowest BCUT2D eigenvalue weighted by Crippen LogP contribution is -2.42. The molecule has 0 spiro atoms. The van der Waals surface area contributed by atoms with Crippen LogP contribution in [0.5, 0.6) is 0 Å². The van der Waals surface area contributed by atoms with E-state index in [1.54, 1.807) is 0 Å². The van der Waals surface area contributed by atoms with Gasteiger partial charge in [-0.05, 0) is 25.0 Å². The number of hydrogen-bond acceptors (Lipinski definition) is 2. The Bertz CT molecular complexity index is 267. The molecule has 15 heavy (non-hydrogen) atoms. The SMILES string of the molecule is Cl.Cl.NC1CCCN(c2ccccc2)C1. The molecule has 1 aliphatic heterocycles. The minimum Gasteiger partial charge on any atom is -0.370 e. The van der Waals surface area contributed by atoms with Crippen molar-refractivity contribution in [2.75, 3.05) is 18.0 Å². The third-order valence-corrected chi connectivity index (χ3v) is 2.58. The molecule has 0 aromatic heterocycles. The molecule has 2 nitrogen and oxygen atoms in total. The molecule has 2 N–H and O–H groups in total. The first-order valence-corrected chi connectivity index (χ1v) is 4.92. The Balaban J connectivity index is 0.000000980. The topological polar surface area (TPSA) is 29.3 Å². The summed E-state index contributed by atoms with van der Waals surface area (Å²) in [7, 11) is 0. The number of nitrogens with zero attached hydrogens (tertiary/aromatic N) is 1. The van der Waals surface area contributed by atoms with Gasteiger partial charge in [0.05, 0.1) is 0 Å². The fourth-order valence-corrected chi connectivity index (χ4v) is 1.88. The average molecular weight is 249 g/mol. The molecule has 0 saturated carbocycles. The third kappa shape index (κ3) is 3.90. The molecule has 1 fully saturated rings. The van der Waals surface area contributed by atoms with Crippen LogP contribution in [0.25, 0.3) is 0 Å². The Morgan fingerprint density at radius 2 is 1.80 bits per heavy atom. The predicted molar refractivity (Wildman–Crippen MR) is 70.4 cm³/mol. The van der Waals surface area contributed by atoms with Gasteiger partial charge in [-0.3, -0.25) is 0 Å². The van der Waals surface area contributed by atoms with Crippen LogP contribution in [-0.4, -0.2) is 19.1 Å². The summed E-state index contributed by atoms with van der Waals surface area (Å²) in [5, 5.41) is 0. The number of anilines is 1. The van der Waals surface area contributed by atoms with Gasteiger partial charge in [-0.25, -0.2) is 0 Å². The molecule has 2 rings (SSSR count). The van der Waals surface area contributed by atoms with Gasteiger partial charge in [-0.1, -0.05) is 18.2 Å². The minimum atomic E-state index is 0. The first-order chi connectivity index (χ1) is 6.36. The van der Waals surface area contributed by atoms with Gasteiger partial charge >= 0.3 is 0 Å². The predicted octanol–water partition coefficient (Wildman–Crippen LogP) is 2.46. The lowest BCUT2D eigenvalue weighted by Gasteiger charge is -2.32. The normalized spacial score (nSPS) is 20.1. The molecule has 0 aliphatic carbocycles. The van der Waals surface area contributed by atoms with E-state index in [2.05, 4.69) is 29.2 Å². The van der Waals surface area contributed by atoms with Gasteiger partial charge in [0, 0.05) is 24.8 Å². The van der Waals surface area contributed by atoms with Crippen LogP contribution in [0, 0.1) is 0 Å². The second-order valence-electron chi connectivity index (χ2n) is 3.68. The smallest absolute Gasteiger partial charge is 0.0366 e. The van der Waals surface area contributed by atoms with Gasteiger partial charge in [0.25, 0.3) is 0 Å². The second-order valence-corrected chi connectivity index (χ2v) is 3.68. The van der Waals surface area contributed by atoms with Crippen molar-refractivity contribution < 1.29 is 0 Å². The van der Waals surface area contributed by atoms with Crippen molar-refractivity contribution in [2.45, 2.75) is 18.9 Å². The summed E-state index contributed by atoms with van der Waals surface area (Å²) in [6, 6.07) is 10.9. The van der Waals surface area contributed by atoms with Crippen LogP contribution in [-0.2, 0) is 0 Å². The zero-order chi connectivity index (χ0) is 9.10. The van der Waals surface area contributed by atoms with E-state index in [1.807, 2.05) is 6.07 Å². The maximum atomic E-state index is 5.92. The van der Waals surface area contributed by atoms with Crippen LogP contribution in [0.2, 0.25) is 0 Å². The molecule has 0 amide bonds. The van der Waals surface area contributed by atoms with Gasteiger partial charge < -0.3 is 10.6 Å². The highest BCUT2D eigenvalue weighted by Crippen LogP contribution is 2.18. The van der Waals surface area contributed by atoms with Crippen LogP contribution in [0.15, 0.2) is 30.3 Å². The van der Waals surface area contributed by atoms with Crippen molar-refractivity contribution in [1.82, 2.24) is 0 Å². The van der Waals surface area contributed by atoms with Gasteiger partial charge in [0.2, 0.25) is 0 Å². The number of benzene rings is 1. The quantitative estimate of drug-likeness (QED) is 0.828. The van der Waals surface area contributed by atoms with Crippen LogP contribution < -0.4 is 10.6 Å². The Morgan fingerprint density at radius 3 is 2.40 bits per heavy atom. The molecule has 1 aliphatic rings. The molecule has 1 aromatic carbocycles. The summed E-state index contributed by atoms with van der Waals surface area (Å²) in [6.07, 6.45) is 2.39. The number of piperidine rings is 1. The summed E-state index contributed by atoms with van der Waals surface area (Å²) in [4.78, 5) is 2.37. The zero-order valence-corrected chi connectivity index (χ0v) is 10.3. The minimum absolute atomic E-state index is 0. The van der Waals surface area contributed by atoms with Gasteiger partial charge in [-0.2, -0.15) is 0 Å². The lowest BCUT2D eigenvalue weighted by molar-refractivity contribution is 0.506. The van der Waals surface area contributed by atoms with E-state index in [0.717, 1.165) is 13.1 Å². The van der Waals surface area contributed by atoms with Crippen LogP contribution in [0.1, 0.15) is 12.8 Å². The number of rotatable bonds is 1. The third-order valence-electron chi connectivity index (χ3n) is 2.58. The Hall–Kier alpha value is -0.440. The number of hydrogen-bond donors (Lipinski definition) is 1. The Kier molecular flexibility index (Phi) is 6.73. The highest BCUT2D eigenvalue weighted by molar-refractivity contribution is 5.85.